The molecule has 0 radical (unpaired) electrons. The number of halogens is 1. The maximum Gasteiger partial charge on any atom is 0.269 e. The van der Waals surface area contributed by atoms with Gasteiger partial charge in [0.2, 0.25) is 0 Å². The highest BCUT2D eigenvalue weighted by Crippen LogP contribution is 2.21. The Morgan fingerprint density at radius 2 is 2.25 bits per heavy atom. The Kier molecular flexibility index (Phi) is 5.59. The normalized spacial score (nSPS) is 18.7. The third-order valence-electron chi connectivity index (χ3n) is 3.55. The maximum atomic E-state index is 12.2. The fourth-order valence-corrected chi connectivity index (χ4v) is 2.28. The van der Waals surface area contributed by atoms with E-state index in [0.717, 1.165) is 18.7 Å². The second-order valence-corrected chi connectivity index (χ2v) is 6.29. The number of carbonyl (C=O) groups is 1. The van der Waals surface area contributed by atoms with Crippen molar-refractivity contribution < 1.29 is 4.79 Å². The molecule has 2 rings (SSSR count). The average Bonchev–Trinajstić information content (AvgIpc) is 2.93. The van der Waals surface area contributed by atoms with Gasteiger partial charge in [0, 0.05) is 25.0 Å². The lowest BCUT2D eigenvalue weighted by atomic mass is 9.92. The Morgan fingerprint density at radius 1 is 1.55 bits per heavy atom. The van der Waals surface area contributed by atoms with Crippen LogP contribution in [0.5, 0.6) is 0 Å². The molecule has 2 N–H and O–H groups in total. The maximum absolute atomic E-state index is 12.2. The van der Waals surface area contributed by atoms with E-state index < -0.39 is 0 Å². The number of amides is 1. The molecule has 1 aliphatic rings. The van der Waals surface area contributed by atoms with E-state index in [1.165, 1.54) is 6.42 Å². The third kappa shape index (κ3) is 3.96. The predicted octanol–water partition coefficient (Wildman–Crippen LogP) is 1.62. The van der Waals surface area contributed by atoms with Crippen molar-refractivity contribution in [3.8, 4) is 0 Å². The van der Waals surface area contributed by atoms with Gasteiger partial charge in [-0.25, -0.2) is 0 Å². The van der Waals surface area contributed by atoms with Gasteiger partial charge in [0.1, 0.15) is 5.69 Å². The molecule has 5 nitrogen and oxygen atoms in total. The molecule has 20 heavy (non-hydrogen) atoms. The van der Waals surface area contributed by atoms with Crippen molar-refractivity contribution in [2.45, 2.75) is 45.1 Å². The Bertz CT molecular complexity index is 458. The van der Waals surface area contributed by atoms with E-state index in [1.54, 1.807) is 4.68 Å². The van der Waals surface area contributed by atoms with Gasteiger partial charge in [0.25, 0.3) is 5.91 Å². The number of aryl methyl sites for hydroxylation is 1. The number of aromatic nitrogens is 2. The average molecular weight is 301 g/mol. The van der Waals surface area contributed by atoms with E-state index >= 15 is 0 Å². The lowest BCUT2D eigenvalue weighted by molar-refractivity contribution is 0.0941. The van der Waals surface area contributed by atoms with Gasteiger partial charge in [-0.05, 0) is 25.5 Å². The van der Waals surface area contributed by atoms with Gasteiger partial charge < -0.3 is 10.6 Å². The Balaban J connectivity index is 0.00000200. The van der Waals surface area contributed by atoms with Crippen LogP contribution in [0.4, 0.5) is 0 Å². The fourth-order valence-electron chi connectivity index (χ4n) is 2.28. The van der Waals surface area contributed by atoms with Crippen molar-refractivity contribution >= 4 is 18.3 Å². The molecule has 0 aliphatic carbocycles. The van der Waals surface area contributed by atoms with Crippen molar-refractivity contribution in [1.82, 2.24) is 20.4 Å². The molecule has 1 fully saturated rings. The summed E-state index contributed by atoms with van der Waals surface area (Å²) in [7, 11) is 1.82. The van der Waals surface area contributed by atoms with E-state index in [0.29, 0.717) is 18.3 Å². The number of nitrogens with one attached hydrogen (secondary N) is 2. The van der Waals surface area contributed by atoms with Gasteiger partial charge in [0.05, 0.1) is 5.69 Å². The van der Waals surface area contributed by atoms with Gasteiger partial charge in [-0.1, -0.05) is 20.8 Å². The number of carbonyl (C=O) groups excluding carboxylic acids is 1. The number of rotatable bonds is 3. The lowest BCUT2D eigenvalue weighted by Gasteiger charge is -2.13. The number of hydrogen-bond acceptors (Lipinski definition) is 3. The standard InChI is InChI=1S/C14H24N4O.ClH/c1-14(2,3)12-8-11(18(4)17-12)13(19)16-9-10-6-5-7-15-10;/h8,10,15H,5-7,9H2,1-4H3,(H,16,19);1H. The largest absolute Gasteiger partial charge is 0.349 e. The van der Waals surface area contributed by atoms with E-state index in [9.17, 15) is 4.79 Å². The molecule has 0 bridgehead atoms. The Morgan fingerprint density at radius 3 is 2.75 bits per heavy atom. The summed E-state index contributed by atoms with van der Waals surface area (Å²) in [4.78, 5) is 12.2. The van der Waals surface area contributed by atoms with Crippen LogP contribution in [0.15, 0.2) is 6.07 Å². The Hall–Kier alpha value is -1.07. The molecule has 0 saturated carbocycles. The second kappa shape index (κ2) is 6.59. The van der Waals surface area contributed by atoms with Crippen LogP contribution in [-0.4, -0.2) is 34.8 Å². The van der Waals surface area contributed by atoms with Crippen molar-refractivity contribution in [3.63, 3.8) is 0 Å². The van der Waals surface area contributed by atoms with Gasteiger partial charge in [0.15, 0.2) is 0 Å². The molecule has 0 aromatic carbocycles. The van der Waals surface area contributed by atoms with Crippen LogP contribution in [0.3, 0.4) is 0 Å². The summed E-state index contributed by atoms with van der Waals surface area (Å²) in [6, 6.07) is 2.30. The summed E-state index contributed by atoms with van der Waals surface area (Å²) in [6.07, 6.45) is 2.33. The minimum Gasteiger partial charge on any atom is -0.349 e. The van der Waals surface area contributed by atoms with E-state index in [2.05, 4.69) is 36.5 Å². The first kappa shape index (κ1) is 17.0. The number of hydrogen-bond donors (Lipinski definition) is 2. The monoisotopic (exact) mass is 300 g/mol. The second-order valence-electron chi connectivity index (χ2n) is 6.29. The lowest BCUT2D eigenvalue weighted by Crippen LogP contribution is -2.37. The Labute approximate surface area is 126 Å². The van der Waals surface area contributed by atoms with E-state index in [4.69, 9.17) is 0 Å². The van der Waals surface area contributed by atoms with Gasteiger partial charge in [-0.3, -0.25) is 9.48 Å². The molecule has 1 saturated heterocycles. The molecule has 1 aromatic heterocycles. The predicted molar refractivity (Wildman–Crippen MR) is 82.5 cm³/mol. The molecule has 1 unspecified atom stereocenters. The minimum atomic E-state index is -0.0424. The van der Waals surface area contributed by atoms with E-state index in [-0.39, 0.29) is 23.7 Å². The number of nitrogens with zero attached hydrogens (tertiary/aromatic N) is 2. The molecule has 0 spiro atoms. The molecule has 1 atom stereocenters. The smallest absolute Gasteiger partial charge is 0.269 e. The van der Waals surface area contributed by atoms with Crippen LogP contribution in [0.25, 0.3) is 0 Å². The summed E-state index contributed by atoms with van der Waals surface area (Å²) in [6.45, 7) is 8.04. The van der Waals surface area contributed by atoms with Gasteiger partial charge in [-0.2, -0.15) is 5.10 Å². The van der Waals surface area contributed by atoms with Crippen molar-refractivity contribution in [1.29, 1.82) is 0 Å². The zero-order valence-electron chi connectivity index (χ0n) is 12.7. The fraction of sp³-hybridized carbons (Fsp3) is 0.714. The highest BCUT2D eigenvalue weighted by Gasteiger charge is 2.22. The SMILES string of the molecule is Cl.Cn1nc(C(C)(C)C)cc1C(=O)NCC1CCCN1. The molecule has 6 heteroatoms. The summed E-state index contributed by atoms with van der Waals surface area (Å²) in [5.74, 6) is -0.0424. The van der Waals surface area contributed by atoms with Crippen LogP contribution >= 0.6 is 12.4 Å². The molecule has 1 aliphatic heterocycles. The van der Waals surface area contributed by atoms with Gasteiger partial charge >= 0.3 is 0 Å². The summed E-state index contributed by atoms with van der Waals surface area (Å²) in [5, 5.41) is 10.8. The summed E-state index contributed by atoms with van der Waals surface area (Å²) in [5.41, 5.74) is 1.53. The van der Waals surface area contributed by atoms with E-state index in [1.807, 2.05) is 13.1 Å². The van der Waals surface area contributed by atoms with Gasteiger partial charge in [-0.15, -0.1) is 12.4 Å². The quantitative estimate of drug-likeness (QED) is 0.892. The summed E-state index contributed by atoms with van der Waals surface area (Å²) < 4.78 is 1.66. The first-order chi connectivity index (χ1) is 8.88. The minimum absolute atomic E-state index is 0. The molecule has 114 valence electrons. The van der Waals surface area contributed by atoms with Crippen LogP contribution in [0, 0.1) is 0 Å². The zero-order chi connectivity index (χ0) is 14.0. The van der Waals surface area contributed by atoms with Crippen LogP contribution in [0.2, 0.25) is 0 Å². The van der Waals surface area contributed by atoms with Crippen LogP contribution in [0.1, 0.15) is 49.8 Å². The first-order valence-corrected chi connectivity index (χ1v) is 6.94. The molecular formula is C14H25ClN4O. The van der Waals surface area contributed by atoms with Crippen molar-refractivity contribution in [2.24, 2.45) is 7.05 Å². The zero-order valence-corrected chi connectivity index (χ0v) is 13.5. The molecule has 2 heterocycles. The highest BCUT2D eigenvalue weighted by molar-refractivity contribution is 5.92. The first-order valence-electron chi connectivity index (χ1n) is 6.94. The third-order valence-corrected chi connectivity index (χ3v) is 3.55. The topological polar surface area (TPSA) is 59.0 Å². The van der Waals surface area contributed by atoms with Crippen LogP contribution < -0.4 is 10.6 Å². The molecule has 1 aromatic rings. The van der Waals surface area contributed by atoms with Crippen molar-refractivity contribution in [3.05, 3.63) is 17.5 Å². The summed E-state index contributed by atoms with van der Waals surface area (Å²) >= 11 is 0. The molecule has 1 amide bonds. The molecular weight excluding hydrogens is 276 g/mol. The van der Waals surface area contributed by atoms with Crippen LogP contribution in [-0.2, 0) is 12.5 Å². The highest BCUT2D eigenvalue weighted by atomic mass is 35.5. The van der Waals surface area contributed by atoms with Crippen molar-refractivity contribution in [2.75, 3.05) is 13.1 Å².